The van der Waals surface area contributed by atoms with Crippen molar-refractivity contribution in [1.82, 2.24) is 0 Å². The molecular weight excluding hydrogens is 248 g/mol. The van der Waals surface area contributed by atoms with Crippen molar-refractivity contribution in [3.8, 4) is 11.5 Å². The molecule has 0 saturated heterocycles. The fourth-order valence-electron chi connectivity index (χ4n) is 1.52. The summed E-state index contributed by atoms with van der Waals surface area (Å²) in [4.78, 5) is 10.4. The van der Waals surface area contributed by atoms with Gasteiger partial charge in [-0.25, -0.2) is 8.78 Å². The molecule has 5 nitrogen and oxygen atoms in total. The third-order valence-electron chi connectivity index (χ3n) is 2.44. The van der Waals surface area contributed by atoms with Crippen molar-refractivity contribution < 1.29 is 28.5 Å². The summed E-state index contributed by atoms with van der Waals surface area (Å²) in [6.07, 6.45) is -0.492. The van der Waals surface area contributed by atoms with Crippen LogP contribution in [0, 0.1) is 11.6 Å². The van der Waals surface area contributed by atoms with Crippen molar-refractivity contribution in [2.24, 2.45) is 5.73 Å². The zero-order chi connectivity index (χ0) is 13.9. The molecule has 0 bridgehead atoms. The van der Waals surface area contributed by atoms with E-state index in [1.165, 1.54) is 0 Å². The van der Waals surface area contributed by atoms with Crippen LogP contribution in [0.25, 0.3) is 0 Å². The molecule has 1 rings (SSSR count). The molecule has 0 aliphatic heterocycles. The summed E-state index contributed by atoms with van der Waals surface area (Å²) in [6, 6.07) is -0.389. The maximum Gasteiger partial charge on any atom is 0.303 e. The van der Waals surface area contributed by atoms with Crippen LogP contribution in [0.2, 0.25) is 0 Å². The number of carboxylic acids is 1. The Balaban J connectivity index is 3.13. The number of ether oxygens (including phenoxy) is 1. The van der Waals surface area contributed by atoms with Crippen LogP contribution in [-0.2, 0) is 4.79 Å². The van der Waals surface area contributed by atoms with Crippen molar-refractivity contribution in [3.63, 3.8) is 0 Å². The van der Waals surface area contributed by atoms with E-state index in [2.05, 4.69) is 4.74 Å². The lowest BCUT2D eigenvalue weighted by Gasteiger charge is -2.15. The van der Waals surface area contributed by atoms with Crippen LogP contribution in [0.15, 0.2) is 6.07 Å². The quantitative estimate of drug-likeness (QED) is 0.747. The number of rotatable bonds is 5. The first kappa shape index (κ1) is 14.2. The van der Waals surface area contributed by atoms with E-state index in [1.807, 2.05) is 0 Å². The van der Waals surface area contributed by atoms with Gasteiger partial charge in [-0.1, -0.05) is 0 Å². The minimum atomic E-state index is -1.20. The number of aliphatic carboxylic acids is 1. The molecule has 0 aliphatic carbocycles. The SMILES string of the molecule is COc1cc(O)c(F)c(C(N)CCC(=O)O)c1F. The second-order valence-electron chi connectivity index (χ2n) is 3.68. The first-order valence-corrected chi connectivity index (χ1v) is 5.10. The molecule has 1 aromatic rings. The number of hydrogen-bond acceptors (Lipinski definition) is 4. The van der Waals surface area contributed by atoms with E-state index in [9.17, 15) is 18.7 Å². The molecule has 18 heavy (non-hydrogen) atoms. The van der Waals surface area contributed by atoms with Crippen LogP contribution in [0.1, 0.15) is 24.4 Å². The van der Waals surface area contributed by atoms with E-state index in [4.69, 9.17) is 10.8 Å². The van der Waals surface area contributed by atoms with Gasteiger partial charge in [0, 0.05) is 24.1 Å². The Morgan fingerprint density at radius 3 is 2.61 bits per heavy atom. The maximum absolute atomic E-state index is 13.8. The predicted molar refractivity (Wildman–Crippen MR) is 58.4 cm³/mol. The second kappa shape index (κ2) is 5.63. The molecule has 0 saturated carbocycles. The van der Waals surface area contributed by atoms with Gasteiger partial charge in [0.15, 0.2) is 23.1 Å². The zero-order valence-electron chi connectivity index (χ0n) is 9.61. The lowest BCUT2D eigenvalue weighted by Crippen LogP contribution is -2.16. The second-order valence-corrected chi connectivity index (χ2v) is 3.68. The molecule has 0 heterocycles. The first-order chi connectivity index (χ1) is 8.38. The maximum atomic E-state index is 13.8. The van der Waals surface area contributed by atoms with Crippen molar-refractivity contribution in [3.05, 3.63) is 23.3 Å². The van der Waals surface area contributed by atoms with E-state index < -0.39 is 35.0 Å². The molecule has 1 atom stereocenters. The van der Waals surface area contributed by atoms with Crippen LogP contribution in [-0.4, -0.2) is 23.3 Å². The highest BCUT2D eigenvalue weighted by molar-refractivity contribution is 5.66. The van der Waals surface area contributed by atoms with E-state index >= 15 is 0 Å². The minimum absolute atomic E-state index is 0.157. The molecule has 1 aromatic carbocycles. The topological polar surface area (TPSA) is 92.8 Å². The Kier molecular flexibility index (Phi) is 4.43. The van der Waals surface area contributed by atoms with Crippen LogP contribution in [0.5, 0.6) is 11.5 Å². The summed E-state index contributed by atoms with van der Waals surface area (Å²) >= 11 is 0. The van der Waals surface area contributed by atoms with Crippen LogP contribution < -0.4 is 10.5 Å². The summed E-state index contributed by atoms with van der Waals surface area (Å²) in [5, 5.41) is 17.8. The number of aromatic hydroxyl groups is 1. The van der Waals surface area contributed by atoms with Crippen LogP contribution in [0.3, 0.4) is 0 Å². The fourth-order valence-corrected chi connectivity index (χ4v) is 1.52. The average Bonchev–Trinajstić information content (AvgIpc) is 2.31. The van der Waals surface area contributed by atoms with Crippen molar-refractivity contribution in [2.75, 3.05) is 7.11 Å². The van der Waals surface area contributed by atoms with Gasteiger partial charge in [0.25, 0.3) is 0 Å². The lowest BCUT2D eigenvalue weighted by molar-refractivity contribution is -0.137. The number of benzene rings is 1. The molecule has 0 spiro atoms. The molecule has 0 radical (unpaired) electrons. The molecule has 1 unspecified atom stereocenters. The largest absolute Gasteiger partial charge is 0.505 e. The number of carboxylic acid groups (broad SMARTS) is 1. The molecule has 100 valence electrons. The molecular formula is C11H13F2NO4. The number of phenolic OH excluding ortho intramolecular Hbond substituents is 1. The van der Waals surface area contributed by atoms with Crippen LogP contribution >= 0.6 is 0 Å². The Hall–Kier alpha value is -1.89. The van der Waals surface area contributed by atoms with Gasteiger partial charge < -0.3 is 20.7 Å². The number of carbonyl (C=O) groups is 1. The smallest absolute Gasteiger partial charge is 0.303 e. The number of hydrogen-bond donors (Lipinski definition) is 3. The van der Waals surface area contributed by atoms with E-state index in [0.29, 0.717) is 0 Å². The van der Waals surface area contributed by atoms with Gasteiger partial charge in [-0.2, -0.15) is 0 Å². The highest BCUT2D eigenvalue weighted by Gasteiger charge is 2.24. The predicted octanol–water partition coefficient (Wildman–Crippen LogP) is 1.54. The van der Waals surface area contributed by atoms with Gasteiger partial charge in [-0.3, -0.25) is 4.79 Å². The minimum Gasteiger partial charge on any atom is -0.505 e. The summed E-state index contributed by atoms with van der Waals surface area (Å²) in [7, 11) is 1.16. The number of phenols is 1. The lowest BCUT2D eigenvalue weighted by atomic mass is 10.0. The number of nitrogens with two attached hydrogens (primary N) is 1. The van der Waals surface area contributed by atoms with Crippen molar-refractivity contribution >= 4 is 5.97 Å². The highest BCUT2D eigenvalue weighted by atomic mass is 19.1. The Morgan fingerprint density at radius 1 is 1.50 bits per heavy atom. The van der Waals surface area contributed by atoms with E-state index in [1.54, 1.807) is 0 Å². The monoisotopic (exact) mass is 261 g/mol. The van der Waals surface area contributed by atoms with Crippen LogP contribution in [0.4, 0.5) is 8.78 Å². The summed E-state index contributed by atoms with van der Waals surface area (Å²) in [5.41, 5.74) is 4.95. The van der Waals surface area contributed by atoms with Crippen molar-refractivity contribution in [2.45, 2.75) is 18.9 Å². The standard InChI is InChI=1S/C11H13F2NO4/c1-18-7-4-6(15)10(12)9(11(7)13)5(14)2-3-8(16)17/h4-5,15H,2-3,14H2,1H3,(H,16,17). The highest BCUT2D eigenvalue weighted by Crippen LogP contribution is 2.34. The van der Waals surface area contributed by atoms with E-state index in [0.717, 1.165) is 13.2 Å². The third kappa shape index (κ3) is 2.86. The number of halogens is 2. The van der Waals surface area contributed by atoms with Gasteiger partial charge in [-0.15, -0.1) is 0 Å². The zero-order valence-corrected chi connectivity index (χ0v) is 9.61. The molecule has 0 aromatic heterocycles. The first-order valence-electron chi connectivity index (χ1n) is 5.10. The summed E-state index contributed by atoms with van der Waals surface area (Å²) in [6.45, 7) is 0. The fraction of sp³-hybridized carbons (Fsp3) is 0.364. The molecule has 0 amide bonds. The van der Waals surface area contributed by atoms with E-state index in [-0.39, 0.29) is 18.6 Å². The van der Waals surface area contributed by atoms with Gasteiger partial charge in [-0.05, 0) is 6.42 Å². The Labute approximate surface area is 102 Å². The average molecular weight is 261 g/mol. The van der Waals surface area contributed by atoms with Gasteiger partial charge in [0.1, 0.15) is 0 Å². The third-order valence-corrected chi connectivity index (χ3v) is 2.44. The summed E-state index contributed by atoms with van der Waals surface area (Å²) < 4.78 is 32.0. The Bertz CT molecular complexity index is 465. The molecule has 4 N–H and O–H groups in total. The molecule has 0 fully saturated rings. The van der Waals surface area contributed by atoms with Gasteiger partial charge in [0.05, 0.1) is 7.11 Å². The van der Waals surface area contributed by atoms with Crippen molar-refractivity contribution in [1.29, 1.82) is 0 Å². The summed E-state index contributed by atoms with van der Waals surface area (Å²) in [5.74, 6) is -4.51. The molecule has 0 aliphatic rings. The van der Waals surface area contributed by atoms with Gasteiger partial charge >= 0.3 is 5.97 Å². The Morgan fingerprint density at radius 2 is 2.11 bits per heavy atom. The molecule has 7 heteroatoms. The van der Waals surface area contributed by atoms with Gasteiger partial charge in [0.2, 0.25) is 0 Å². The number of methoxy groups -OCH3 is 1. The normalized spacial score (nSPS) is 12.2.